The van der Waals surface area contributed by atoms with Crippen LogP contribution in [-0.4, -0.2) is 21.4 Å². The third-order valence-corrected chi connectivity index (χ3v) is 6.33. The molecule has 1 aromatic heterocycles. The Kier molecular flexibility index (Phi) is 6.75. The number of amides is 1. The molecule has 0 bridgehead atoms. The lowest BCUT2D eigenvalue weighted by atomic mass is 10.1. The fourth-order valence-electron chi connectivity index (χ4n) is 2.46. The number of thiophene rings is 1. The van der Waals surface area contributed by atoms with Crippen molar-refractivity contribution >= 4 is 27.3 Å². The van der Waals surface area contributed by atoms with Crippen LogP contribution in [0.4, 0.5) is 0 Å². The van der Waals surface area contributed by atoms with E-state index in [4.69, 9.17) is 0 Å². The van der Waals surface area contributed by atoms with Crippen molar-refractivity contribution in [2.45, 2.75) is 39.0 Å². The molecule has 0 aliphatic rings. The van der Waals surface area contributed by atoms with Crippen LogP contribution in [0.1, 0.15) is 44.6 Å². The summed E-state index contributed by atoms with van der Waals surface area (Å²) in [6.07, 6.45) is 2.06. The highest BCUT2D eigenvalue weighted by Gasteiger charge is 2.12. The van der Waals surface area contributed by atoms with E-state index in [-0.39, 0.29) is 11.7 Å². The van der Waals surface area contributed by atoms with Gasteiger partial charge in [-0.25, -0.2) is 13.1 Å². The highest BCUT2D eigenvalue weighted by atomic mass is 32.2. The molecule has 0 radical (unpaired) electrons. The van der Waals surface area contributed by atoms with Gasteiger partial charge in [0.25, 0.3) is 5.91 Å². The predicted molar refractivity (Wildman–Crippen MR) is 102 cm³/mol. The van der Waals surface area contributed by atoms with Crippen molar-refractivity contribution in [1.82, 2.24) is 10.0 Å². The smallest absolute Gasteiger partial charge is 0.261 e. The van der Waals surface area contributed by atoms with Crippen LogP contribution in [0.3, 0.4) is 0 Å². The number of sulfonamides is 1. The summed E-state index contributed by atoms with van der Waals surface area (Å²) in [5.74, 6) is -0.123. The van der Waals surface area contributed by atoms with Gasteiger partial charge in [-0.15, -0.1) is 11.3 Å². The molecule has 0 unspecified atom stereocenters. The maximum Gasteiger partial charge on any atom is 0.261 e. The number of carbonyl (C=O) groups excluding carboxylic acids is 1. The van der Waals surface area contributed by atoms with Crippen molar-refractivity contribution in [2.75, 3.05) is 7.05 Å². The first-order valence-corrected chi connectivity index (χ1v) is 10.7. The molecule has 0 aliphatic carbocycles. The van der Waals surface area contributed by atoms with Crippen molar-refractivity contribution < 1.29 is 13.2 Å². The minimum absolute atomic E-state index is 0.0508. The maximum absolute atomic E-state index is 12.3. The molecule has 0 fully saturated rings. The summed E-state index contributed by atoms with van der Waals surface area (Å²) in [5, 5.41) is 2.92. The molecule has 5 nitrogen and oxygen atoms in total. The lowest BCUT2D eigenvalue weighted by Gasteiger charge is -2.06. The van der Waals surface area contributed by atoms with Crippen LogP contribution in [0.25, 0.3) is 0 Å². The van der Waals surface area contributed by atoms with Crippen LogP contribution in [0.2, 0.25) is 0 Å². The van der Waals surface area contributed by atoms with E-state index in [9.17, 15) is 13.2 Å². The quantitative estimate of drug-likeness (QED) is 0.739. The van der Waals surface area contributed by atoms with Crippen molar-refractivity contribution in [2.24, 2.45) is 0 Å². The molecule has 0 saturated heterocycles. The van der Waals surface area contributed by atoms with E-state index in [0.29, 0.717) is 12.1 Å². The molecule has 25 heavy (non-hydrogen) atoms. The van der Waals surface area contributed by atoms with Gasteiger partial charge in [0.2, 0.25) is 10.0 Å². The minimum Gasteiger partial charge on any atom is -0.347 e. The summed E-state index contributed by atoms with van der Waals surface area (Å²) in [6.45, 7) is 4.59. The van der Waals surface area contributed by atoms with Gasteiger partial charge in [-0.3, -0.25) is 4.79 Å². The Bertz CT molecular complexity index is 825. The monoisotopic (exact) mass is 380 g/mol. The second-order valence-electron chi connectivity index (χ2n) is 5.90. The Morgan fingerprint density at radius 1 is 1.16 bits per heavy atom. The number of nitrogens with one attached hydrogen (secondary N) is 2. The fourth-order valence-corrected chi connectivity index (χ4v) is 4.23. The van der Waals surface area contributed by atoms with Crippen LogP contribution < -0.4 is 10.0 Å². The maximum atomic E-state index is 12.3. The molecule has 2 rings (SSSR count). The van der Waals surface area contributed by atoms with Gasteiger partial charge in [-0.1, -0.05) is 37.6 Å². The number of rotatable bonds is 8. The van der Waals surface area contributed by atoms with E-state index < -0.39 is 10.0 Å². The van der Waals surface area contributed by atoms with Crippen LogP contribution >= 0.6 is 11.3 Å². The Labute approximate surface area is 153 Å². The van der Waals surface area contributed by atoms with E-state index >= 15 is 0 Å². The molecule has 1 heterocycles. The molecule has 2 aromatic rings. The highest BCUT2D eigenvalue weighted by Crippen LogP contribution is 2.22. The van der Waals surface area contributed by atoms with Crippen LogP contribution in [-0.2, 0) is 28.7 Å². The van der Waals surface area contributed by atoms with E-state index in [1.165, 1.54) is 28.8 Å². The van der Waals surface area contributed by atoms with Gasteiger partial charge in [0, 0.05) is 11.4 Å². The molecular formula is C18H24N2O3S2. The van der Waals surface area contributed by atoms with Gasteiger partial charge in [-0.2, -0.15) is 0 Å². The SMILES string of the molecule is CCCc1cc(C(=O)NCc2ccc(CS(=O)(=O)NC)cc2)sc1C. The average Bonchev–Trinajstić information content (AvgIpc) is 2.95. The zero-order chi connectivity index (χ0) is 18.4. The highest BCUT2D eigenvalue weighted by molar-refractivity contribution is 7.88. The van der Waals surface area contributed by atoms with Crippen LogP contribution in [0.15, 0.2) is 30.3 Å². The first kappa shape index (κ1) is 19.6. The van der Waals surface area contributed by atoms with E-state index in [0.717, 1.165) is 23.3 Å². The summed E-state index contributed by atoms with van der Waals surface area (Å²) in [4.78, 5) is 14.2. The van der Waals surface area contributed by atoms with E-state index in [1.54, 1.807) is 12.1 Å². The Morgan fingerprint density at radius 2 is 1.80 bits per heavy atom. The van der Waals surface area contributed by atoms with Gasteiger partial charge >= 0.3 is 0 Å². The molecule has 0 spiro atoms. The predicted octanol–water partition coefficient (Wildman–Crippen LogP) is 2.99. The minimum atomic E-state index is -3.27. The number of carbonyl (C=O) groups is 1. The van der Waals surface area contributed by atoms with Crippen LogP contribution in [0.5, 0.6) is 0 Å². The molecular weight excluding hydrogens is 356 g/mol. The third kappa shape index (κ3) is 5.66. The molecule has 136 valence electrons. The Hall–Kier alpha value is -1.70. The van der Waals surface area contributed by atoms with Crippen molar-refractivity contribution in [3.05, 3.63) is 56.8 Å². The second kappa shape index (κ2) is 8.60. The summed E-state index contributed by atoms with van der Waals surface area (Å²) >= 11 is 1.52. The normalized spacial score (nSPS) is 11.5. The molecule has 0 saturated carbocycles. The van der Waals surface area contributed by atoms with Gasteiger partial charge in [-0.05, 0) is 43.1 Å². The first-order valence-electron chi connectivity index (χ1n) is 8.21. The summed E-state index contributed by atoms with van der Waals surface area (Å²) in [5.41, 5.74) is 2.89. The van der Waals surface area contributed by atoms with E-state index in [2.05, 4.69) is 17.0 Å². The van der Waals surface area contributed by atoms with Gasteiger partial charge in [0.15, 0.2) is 0 Å². The Morgan fingerprint density at radius 3 is 2.40 bits per heavy atom. The van der Waals surface area contributed by atoms with Gasteiger partial charge < -0.3 is 5.32 Å². The van der Waals surface area contributed by atoms with Crippen molar-refractivity contribution in [3.63, 3.8) is 0 Å². The third-order valence-electron chi connectivity index (χ3n) is 3.91. The van der Waals surface area contributed by atoms with Crippen molar-refractivity contribution in [3.8, 4) is 0 Å². The molecule has 1 amide bonds. The fraction of sp³-hybridized carbons (Fsp3) is 0.389. The summed E-state index contributed by atoms with van der Waals surface area (Å²) in [7, 11) is -1.87. The number of hydrogen-bond acceptors (Lipinski definition) is 4. The average molecular weight is 381 g/mol. The number of hydrogen-bond donors (Lipinski definition) is 2. The summed E-state index contributed by atoms with van der Waals surface area (Å²) < 4.78 is 25.4. The van der Waals surface area contributed by atoms with Gasteiger partial charge in [0.05, 0.1) is 10.6 Å². The largest absolute Gasteiger partial charge is 0.347 e. The zero-order valence-corrected chi connectivity index (χ0v) is 16.4. The first-order chi connectivity index (χ1) is 11.8. The zero-order valence-electron chi connectivity index (χ0n) is 14.8. The van der Waals surface area contributed by atoms with Crippen LogP contribution in [0, 0.1) is 6.92 Å². The van der Waals surface area contributed by atoms with Gasteiger partial charge in [0.1, 0.15) is 0 Å². The van der Waals surface area contributed by atoms with Crippen molar-refractivity contribution in [1.29, 1.82) is 0 Å². The molecule has 1 aromatic carbocycles. The lowest BCUT2D eigenvalue weighted by molar-refractivity contribution is 0.0955. The topological polar surface area (TPSA) is 75.3 Å². The van der Waals surface area contributed by atoms with E-state index in [1.807, 2.05) is 25.1 Å². The molecule has 0 atom stereocenters. The standard InChI is InChI=1S/C18H24N2O3S2/c1-4-5-16-10-17(24-13(16)2)18(21)20-11-14-6-8-15(9-7-14)12-25(22,23)19-3/h6-10,19H,4-5,11-12H2,1-3H3,(H,20,21). The molecule has 7 heteroatoms. The number of benzene rings is 1. The molecule has 2 N–H and O–H groups in total. The Balaban J connectivity index is 1.94. The lowest BCUT2D eigenvalue weighted by Crippen LogP contribution is -2.22. The summed E-state index contributed by atoms with van der Waals surface area (Å²) in [6, 6.07) is 9.19. The second-order valence-corrected chi connectivity index (χ2v) is 9.09. The molecule has 0 aliphatic heterocycles. The number of aryl methyl sites for hydroxylation is 2.